The van der Waals surface area contributed by atoms with Crippen LogP contribution in [-0.4, -0.2) is 40.1 Å². The fourth-order valence-electron chi connectivity index (χ4n) is 4.73. The Labute approximate surface area is 135 Å². The van der Waals surface area contributed by atoms with Crippen molar-refractivity contribution in [1.29, 1.82) is 0 Å². The van der Waals surface area contributed by atoms with Gasteiger partial charge in [-0.2, -0.15) is 0 Å². The van der Waals surface area contributed by atoms with E-state index in [2.05, 4.69) is 30.8 Å². The molecule has 0 aromatic carbocycles. The number of fused-ring (bicyclic) bond motifs is 2. The average molecular weight is 313 g/mol. The Balaban J connectivity index is 1.60. The van der Waals surface area contributed by atoms with E-state index in [9.17, 15) is 4.79 Å². The van der Waals surface area contributed by atoms with Gasteiger partial charge in [-0.25, -0.2) is 4.98 Å². The molecule has 0 unspecified atom stereocenters. The van der Waals surface area contributed by atoms with Crippen LogP contribution in [0.2, 0.25) is 0 Å². The number of pyridine rings is 1. The summed E-state index contributed by atoms with van der Waals surface area (Å²) in [5, 5.41) is 0. The van der Waals surface area contributed by atoms with Crippen molar-refractivity contribution in [3.63, 3.8) is 0 Å². The molecule has 3 atom stereocenters. The van der Waals surface area contributed by atoms with Crippen molar-refractivity contribution >= 4 is 5.65 Å². The maximum absolute atomic E-state index is 12.2. The SMILES string of the molecule is CN(Cc1cc(=O)n2ccccc2n1)[C@@H]1[C@@H]2CCO[C@H]2C1(C)C. The van der Waals surface area contributed by atoms with Crippen molar-refractivity contribution < 1.29 is 4.74 Å². The molecule has 0 bridgehead atoms. The highest BCUT2D eigenvalue weighted by Crippen LogP contribution is 2.54. The summed E-state index contributed by atoms with van der Waals surface area (Å²) in [4.78, 5) is 19.2. The zero-order valence-electron chi connectivity index (χ0n) is 13.9. The minimum Gasteiger partial charge on any atom is -0.377 e. The van der Waals surface area contributed by atoms with E-state index >= 15 is 0 Å². The van der Waals surface area contributed by atoms with Crippen LogP contribution in [0.5, 0.6) is 0 Å². The van der Waals surface area contributed by atoms with Crippen LogP contribution in [0.15, 0.2) is 35.3 Å². The van der Waals surface area contributed by atoms with Gasteiger partial charge in [0, 0.05) is 42.8 Å². The van der Waals surface area contributed by atoms with Crippen LogP contribution in [0.4, 0.5) is 0 Å². The Bertz CT molecular complexity index is 798. The highest BCUT2D eigenvalue weighted by Gasteiger charge is 2.60. The quantitative estimate of drug-likeness (QED) is 0.869. The second-order valence-corrected chi connectivity index (χ2v) is 7.44. The molecule has 0 amide bonds. The maximum Gasteiger partial charge on any atom is 0.258 e. The van der Waals surface area contributed by atoms with Gasteiger partial charge in [0.05, 0.1) is 11.8 Å². The molecule has 4 rings (SSSR count). The van der Waals surface area contributed by atoms with Gasteiger partial charge in [-0.15, -0.1) is 0 Å². The third kappa shape index (κ3) is 2.22. The van der Waals surface area contributed by atoms with E-state index in [4.69, 9.17) is 4.74 Å². The van der Waals surface area contributed by atoms with Crippen LogP contribution >= 0.6 is 0 Å². The van der Waals surface area contributed by atoms with E-state index in [0.717, 1.165) is 18.7 Å². The van der Waals surface area contributed by atoms with Crippen LogP contribution in [0, 0.1) is 11.3 Å². The molecule has 5 nitrogen and oxygen atoms in total. The molecule has 0 radical (unpaired) electrons. The highest BCUT2D eigenvalue weighted by molar-refractivity contribution is 5.38. The van der Waals surface area contributed by atoms with E-state index in [1.807, 2.05) is 18.2 Å². The highest BCUT2D eigenvalue weighted by atomic mass is 16.5. The van der Waals surface area contributed by atoms with Crippen molar-refractivity contribution in [2.24, 2.45) is 11.3 Å². The predicted molar refractivity (Wildman–Crippen MR) is 88.3 cm³/mol. The first-order chi connectivity index (χ1) is 11.0. The summed E-state index contributed by atoms with van der Waals surface area (Å²) in [7, 11) is 2.13. The second-order valence-electron chi connectivity index (χ2n) is 7.44. The lowest BCUT2D eigenvalue weighted by atomic mass is 9.57. The van der Waals surface area contributed by atoms with Crippen LogP contribution in [0.3, 0.4) is 0 Å². The standard InChI is InChI=1S/C18H23N3O2/c1-18(2)16(13-7-9-23-17(13)18)20(3)11-12-10-15(22)21-8-5-4-6-14(21)19-12/h4-6,8,10,13,16-17H,7,9,11H2,1-3H3/t13-,16+,17+/m0/s1. The van der Waals surface area contributed by atoms with Gasteiger partial charge in [-0.3, -0.25) is 14.1 Å². The molecule has 5 heteroatoms. The molecule has 23 heavy (non-hydrogen) atoms. The topological polar surface area (TPSA) is 46.8 Å². The number of aromatic nitrogens is 2. The summed E-state index contributed by atoms with van der Waals surface area (Å²) in [6.45, 7) is 6.13. The fourth-order valence-corrected chi connectivity index (χ4v) is 4.73. The van der Waals surface area contributed by atoms with Gasteiger partial charge in [0.2, 0.25) is 0 Å². The summed E-state index contributed by atoms with van der Waals surface area (Å²) >= 11 is 0. The molecular weight excluding hydrogens is 290 g/mol. The van der Waals surface area contributed by atoms with Crippen molar-refractivity contribution in [3.8, 4) is 0 Å². The van der Waals surface area contributed by atoms with Gasteiger partial charge in [0.15, 0.2) is 0 Å². The van der Waals surface area contributed by atoms with Crippen molar-refractivity contribution in [2.75, 3.05) is 13.7 Å². The summed E-state index contributed by atoms with van der Waals surface area (Å²) < 4.78 is 7.46. The minimum absolute atomic E-state index is 0.0195. The minimum atomic E-state index is -0.0195. The predicted octanol–water partition coefficient (Wildman–Crippen LogP) is 1.94. The fraction of sp³-hybridized carbons (Fsp3) is 0.556. The van der Waals surface area contributed by atoms with E-state index < -0.39 is 0 Å². The number of rotatable bonds is 3. The summed E-state index contributed by atoms with van der Waals surface area (Å²) in [5.41, 5.74) is 1.68. The number of nitrogens with zero attached hydrogens (tertiary/aromatic N) is 3. The van der Waals surface area contributed by atoms with Gasteiger partial charge in [0.1, 0.15) is 5.65 Å². The molecule has 2 aromatic rings. The van der Waals surface area contributed by atoms with Crippen molar-refractivity contribution in [1.82, 2.24) is 14.3 Å². The molecule has 0 N–H and O–H groups in total. The molecule has 2 aliphatic rings. The van der Waals surface area contributed by atoms with Gasteiger partial charge in [-0.1, -0.05) is 19.9 Å². The molecule has 1 saturated heterocycles. The van der Waals surface area contributed by atoms with Gasteiger partial charge >= 0.3 is 0 Å². The zero-order chi connectivity index (χ0) is 16.2. The molecular formula is C18H23N3O2. The molecule has 1 aliphatic heterocycles. The average Bonchev–Trinajstić information content (AvgIpc) is 2.93. The Morgan fingerprint density at radius 1 is 1.43 bits per heavy atom. The van der Waals surface area contributed by atoms with Crippen LogP contribution in [0.25, 0.3) is 5.65 Å². The lowest BCUT2D eigenvalue weighted by molar-refractivity contribution is -0.151. The number of hydrogen-bond donors (Lipinski definition) is 0. The largest absolute Gasteiger partial charge is 0.377 e. The first-order valence-electron chi connectivity index (χ1n) is 8.27. The van der Waals surface area contributed by atoms with Gasteiger partial charge < -0.3 is 4.74 Å². The third-order valence-corrected chi connectivity index (χ3v) is 5.55. The third-order valence-electron chi connectivity index (χ3n) is 5.55. The summed E-state index contributed by atoms with van der Waals surface area (Å²) in [5.74, 6) is 0.608. The second kappa shape index (κ2) is 5.14. The van der Waals surface area contributed by atoms with E-state index in [-0.39, 0.29) is 11.0 Å². The maximum atomic E-state index is 12.2. The zero-order valence-corrected chi connectivity index (χ0v) is 13.9. The van der Waals surface area contributed by atoms with Gasteiger partial charge in [-0.05, 0) is 25.6 Å². The summed E-state index contributed by atoms with van der Waals surface area (Å²) in [6.07, 6.45) is 3.27. The number of hydrogen-bond acceptors (Lipinski definition) is 4. The molecule has 122 valence electrons. The molecule has 2 fully saturated rings. The van der Waals surface area contributed by atoms with E-state index in [1.165, 1.54) is 0 Å². The van der Waals surface area contributed by atoms with Crippen LogP contribution in [-0.2, 0) is 11.3 Å². The lowest BCUT2D eigenvalue weighted by Crippen LogP contribution is -2.65. The first kappa shape index (κ1) is 14.8. The molecule has 3 heterocycles. The van der Waals surface area contributed by atoms with Crippen LogP contribution < -0.4 is 5.56 Å². The van der Waals surface area contributed by atoms with E-state index in [0.29, 0.717) is 30.3 Å². The summed E-state index contributed by atoms with van der Waals surface area (Å²) in [6, 6.07) is 7.76. The Morgan fingerprint density at radius 2 is 2.26 bits per heavy atom. The Hall–Kier alpha value is -1.72. The monoisotopic (exact) mass is 313 g/mol. The van der Waals surface area contributed by atoms with Crippen molar-refractivity contribution in [2.45, 2.75) is 39.0 Å². The Morgan fingerprint density at radius 3 is 3.09 bits per heavy atom. The van der Waals surface area contributed by atoms with Gasteiger partial charge in [0.25, 0.3) is 5.56 Å². The van der Waals surface area contributed by atoms with E-state index in [1.54, 1.807) is 16.7 Å². The number of ether oxygens (including phenoxy) is 1. The molecule has 1 aliphatic carbocycles. The normalized spacial score (nSPS) is 28.8. The smallest absolute Gasteiger partial charge is 0.258 e. The van der Waals surface area contributed by atoms with Crippen LogP contribution in [0.1, 0.15) is 26.0 Å². The lowest BCUT2D eigenvalue weighted by Gasteiger charge is -2.58. The Kier molecular flexibility index (Phi) is 3.32. The molecule has 1 saturated carbocycles. The van der Waals surface area contributed by atoms with Crippen molar-refractivity contribution in [3.05, 3.63) is 46.5 Å². The molecule has 2 aromatic heterocycles. The molecule has 0 spiro atoms. The first-order valence-corrected chi connectivity index (χ1v) is 8.27.